The van der Waals surface area contributed by atoms with Gasteiger partial charge in [-0.1, -0.05) is 18.0 Å². The number of halogens is 1. The van der Waals surface area contributed by atoms with Crippen LogP contribution < -0.4 is 10.1 Å². The molecule has 10 heteroatoms. The van der Waals surface area contributed by atoms with Crippen LogP contribution in [0.15, 0.2) is 30.6 Å². The number of likely N-dealkylation sites (tertiary alicyclic amines) is 1. The van der Waals surface area contributed by atoms with E-state index in [0.717, 1.165) is 49.5 Å². The van der Waals surface area contributed by atoms with Crippen molar-refractivity contribution in [1.29, 1.82) is 0 Å². The quantitative estimate of drug-likeness (QED) is 0.618. The van der Waals surface area contributed by atoms with Gasteiger partial charge in [0.05, 0.1) is 5.02 Å². The van der Waals surface area contributed by atoms with Crippen LogP contribution in [0.4, 0.5) is 0 Å². The second-order valence-electron chi connectivity index (χ2n) is 10.1. The molecule has 0 radical (unpaired) electrons. The number of ether oxygens (including phenoxy) is 1. The zero-order valence-corrected chi connectivity index (χ0v) is 20.6. The smallest absolute Gasteiger partial charge is 0.255 e. The summed E-state index contributed by atoms with van der Waals surface area (Å²) in [5.41, 5.74) is 1.46. The lowest BCUT2D eigenvalue weighted by Crippen LogP contribution is -2.57. The number of aromatic nitrogens is 2. The fraction of sp³-hybridized carbons (Fsp3) is 0.500. The summed E-state index contributed by atoms with van der Waals surface area (Å²) in [6, 6.07) is 5.31. The molecule has 1 saturated carbocycles. The Labute approximate surface area is 214 Å². The molecule has 0 bridgehead atoms. The molecule has 2 aromatic rings. The van der Waals surface area contributed by atoms with Crippen molar-refractivity contribution in [1.82, 2.24) is 25.1 Å². The SMILES string of the molecule is O=C1CC[C@H](N2Cc3cc(O[C@H]4CCCC[C@H]4N4CC(c5ncc(Cl)cn5)C4)ccc3C2=O)C(=O)N1. The van der Waals surface area contributed by atoms with E-state index in [1.54, 1.807) is 23.4 Å². The molecule has 0 spiro atoms. The van der Waals surface area contributed by atoms with Crippen LogP contribution >= 0.6 is 11.6 Å². The van der Waals surface area contributed by atoms with E-state index < -0.39 is 11.9 Å². The second kappa shape index (κ2) is 9.44. The molecule has 9 nitrogen and oxygen atoms in total. The maximum absolute atomic E-state index is 13.0. The van der Waals surface area contributed by atoms with Crippen molar-refractivity contribution in [3.05, 3.63) is 52.6 Å². The van der Waals surface area contributed by atoms with Gasteiger partial charge in [-0.3, -0.25) is 24.6 Å². The Balaban J connectivity index is 1.11. The Bertz CT molecular complexity index is 1200. The Morgan fingerprint density at radius 1 is 1.03 bits per heavy atom. The predicted molar refractivity (Wildman–Crippen MR) is 131 cm³/mol. The lowest BCUT2D eigenvalue weighted by Gasteiger charge is -2.47. The summed E-state index contributed by atoms with van der Waals surface area (Å²) < 4.78 is 6.51. The molecule has 3 amide bonds. The van der Waals surface area contributed by atoms with Gasteiger partial charge in [0, 0.05) is 56.0 Å². The van der Waals surface area contributed by atoms with Crippen LogP contribution in [0.5, 0.6) is 5.75 Å². The lowest BCUT2D eigenvalue weighted by atomic mass is 9.86. The van der Waals surface area contributed by atoms with E-state index >= 15 is 0 Å². The number of carbonyl (C=O) groups is 3. The molecule has 4 aliphatic rings. The molecule has 3 fully saturated rings. The van der Waals surface area contributed by atoms with Gasteiger partial charge in [-0.15, -0.1) is 0 Å². The van der Waals surface area contributed by atoms with Crippen molar-refractivity contribution < 1.29 is 19.1 Å². The highest BCUT2D eigenvalue weighted by molar-refractivity contribution is 6.30. The third-order valence-corrected chi connectivity index (χ3v) is 8.03. The third-order valence-electron chi connectivity index (χ3n) is 7.83. The van der Waals surface area contributed by atoms with Crippen molar-refractivity contribution in [3.63, 3.8) is 0 Å². The summed E-state index contributed by atoms with van der Waals surface area (Å²) in [7, 11) is 0. The van der Waals surface area contributed by atoms with E-state index in [2.05, 4.69) is 20.2 Å². The molecular formula is C26H28ClN5O4. The molecule has 3 aliphatic heterocycles. The van der Waals surface area contributed by atoms with Crippen LogP contribution in [0.2, 0.25) is 5.02 Å². The molecule has 3 atom stereocenters. The van der Waals surface area contributed by atoms with E-state index in [1.807, 2.05) is 12.1 Å². The summed E-state index contributed by atoms with van der Waals surface area (Å²) in [6.45, 7) is 2.16. The van der Waals surface area contributed by atoms with Crippen LogP contribution in [0.3, 0.4) is 0 Å². The van der Waals surface area contributed by atoms with Gasteiger partial charge >= 0.3 is 0 Å². The minimum atomic E-state index is -0.612. The topological polar surface area (TPSA) is 105 Å². The van der Waals surface area contributed by atoms with Gasteiger partial charge < -0.3 is 9.64 Å². The highest BCUT2D eigenvalue weighted by Crippen LogP contribution is 2.36. The number of piperidine rings is 1. The number of fused-ring (bicyclic) bond motifs is 1. The first-order valence-corrected chi connectivity index (χ1v) is 13.0. The molecular weight excluding hydrogens is 482 g/mol. The second-order valence-corrected chi connectivity index (χ2v) is 10.6. The first kappa shape index (κ1) is 23.4. The zero-order valence-electron chi connectivity index (χ0n) is 19.9. The maximum atomic E-state index is 13.0. The van der Waals surface area contributed by atoms with Crippen molar-refractivity contribution in [3.8, 4) is 5.75 Å². The average molecular weight is 510 g/mol. The number of carbonyl (C=O) groups excluding carboxylic acids is 3. The Hall–Kier alpha value is -3.04. The summed E-state index contributed by atoms with van der Waals surface area (Å²) in [4.78, 5) is 49.6. The maximum Gasteiger partial charge on any atom is 0.255 e. The van der Waals surface area contributed by atoms with Crippen LogP contribution in [0.25, 0.3) is 0 Å². The van der Waals surface area contributed by atoms with Crippen LogP contribution in [0, 0.1) is 0 Å². The first-order chi connectivity index (χ1) is 17.5. The number of imide groups is 1. The molecule has 2 saturated heterocycles. The van der Waals surface area contributed by atoms with Crippen LogP contribution in [-0.2, 0) is 16.1 Å². The summed E-state index contributed by atoms with van der Waals surface area (Å²) in [6.07, 6.45) is 8.37. The molecule has 4 heterocycles. The number of hydrogen-bond donors (Lipinski definition) is 1. The molecule has 1 N–H and O–H groups in total. The standard InChI is InChI=1S/C26H28ClN5O4/c27-17-10-28-24(29-11-17)16-12-31(13-16)20-3-1-2-4-22(20)36-18-5-6-19-15(9-18)14-32(26(19)35)21-7-8-23(33)30-25(21)34/h5-6,9-11,16,20-22H,1-4,7-8,12-14H2,(H,30,33,34)/t20-,21+,22+/m1/s1. The summed E-state index contributed by atoms with van der Waals surface area (Å²) in [5, 5.41) is 2.89. The van der Waals surface area contributed by atoms with Gasteiger partial charge in [-0.2, -0.15) is 0 Å². The highest BCUT2D eigenvalue weighted by atomic mass is 35.5. The minimum absolute atomic E-state index is 0.0761. The fourth-order valence-corrected chi connectivity index (χ4v) is 6.01. The normalized spacial score (nSPS) is 27.0. The lowest BCUT2D eigenvalue weighted by molar-refractivity contribution is -0.136. The van der Waals surface area contributed by atoms with Crippen LogP contribution in [-0.4, -0.2) is 68.8 Å². The Morgan fingerprint density at radius 2 is 1.81 bits per heavy atom. The number of hydrogen-bond acceptors (Lipinski definition) is 7. The fourth-order valence-electron chi connectivity index (χ4n) is 5.91. The van der Waals surface area contributed by atoms with Crippen molar-refractivity contribution >= 4 is 29.3 Å². The molecule has 36 heavy (non-hydrogen) atoms. The molecule has 1 aliphatic carbocycles. The van der Waals surface area contributed by atoms with E-state index in [0.29, 0.717) is 35.5 Å². The monoisotopic (exact) mass is 509 g/mol. The van der Waals surface area contributed by atoms with Crippen molar-refractivity contribution in [2.45, 2.75) is 69.2 Å². The molecule has 188 valence electrons. The Kier molecular flexibility index (Phi) is 6.13. The van der Waals surface area contributed by atoms with Gasteiger partial charge in [0.1, 0.15) is 23.7 Å². The van der Waals surface area contributed by atoms with Gasteiger partial charge in [-0.05, 0) is 49.4 Å². The van der Waals surface area contributed by atoms with E-state index in [4.69, 9.17) is 16.3 Å². The zero-order chi connectivity index (χ0) is 24.8. The van der Waals surface area contributed by atoms with Crippen molar-refractivity contribution in [2.24, 2.45) is 0 Å². The van der Waals surface area contributed by atoms with Crippen molar-refractivity contribution in [2.75, 3.05) is 13.1 Å². The summed E-state index contributed by atoms with van der Waals surface area (Å²) >= 11 is 5.92. The highest BCUT2D eigenvalue weighted by Gasteiger charge is 2.41. The number of benzene rings is 1. The van der Waals surface area contributed by atoms with E-state index in [-0.39, 0.29) is 24.3 Å². The Morgan fingerprint density at radius 3 is 2.58 bits per heavy atom. The predicted octanol–water partition coefficient (Wildman–Crippen LogP) is 2.68. The first-order valence-electron chi connectivity index (χ1n) is 12.6. The van der Waals surface area contributed by atoms with Gasteiger partial charge in [0.25, 0.3) is 5.91 Å². The van der Waals surface area contributed by atoms with E-state index in [9.17, 15) is 14.4 Å². The van der Waals surface area contributed by atoms with Crippen LogP contribution in [0.1, 0.15) is 66.2 Å². The van der Waals surface area contributed by atoms with E-state index in [1.165, 1.54) is 6.42 Å². The van der Waals surface area contributed by atoms with Gasteiger partial charge in [0.2, 0.25) is 11.8 Å². The molecule has 0 unspecified atom stereocenters. The molecule has 1 aromatic carbocycles. The number of nitrogens with zero attached hydrogens (tertiary/aromatic N) is 4. The number of nitrogens with one attached hydrogen (secondary N) is 1. The van der Waals surface area contributed by atoms with Gasteiger partial charge in [0.15, 0.2) is 0 Å². The van der Waals surface area contributed by atoms with Gasteiger partial charge in [-0.25, -0.2) is 9.97 Å². The minimum Gasteiger partial charge on any atom is -0.489 e. The number of rotatable bonds is 5. The average Bonchev–Trinajstić information content (AvgIpc) is 3.16. The molecule has 6 rings (SSSR count). The molecule has 1 aromatic heterocycles. The largest absolute Gasteiger partial charge is 0.489 e. The summed E-state index contributed by atoms with van der Waals surface area (Å²) in [5.74, 6) is 1.05. The third kappa shape index (κ3) is 4.35. The number of amides is 3.